The second-order valence-corrected chi connectivity index (χ2v) is 6.80. The lowest BCUT2D eigenvalue weighted by molar-refractivity contribution is -0.123. The summed E-state index contributed by atoms with van der Waals surface area (Å²) in [5.41, 5.74) is 1.41. The van der Waals surface area contributed by atoms with Gasteiger partial charge < -0.3 is 10.6 Å². The molecule has 1 aromatic carbocycles. The van der Waals surface area contributed by atoms with Crippen LogP contribution >= 0.6 is 11.6 Å². The van der Waals surface area contributed by atoms with E-state index in [-0.39, 0.29) is 17.4 Å². The third-order valence-electron chi connectivity index (χ3n) is 5.00. The molecule has 2 fully saturated rings. The summed E-state index contributed by atoms with van der Waals surface area (Å²) < 4.78 is 0. The number of halogens is 1. The van der Waals surface area contributed by atoms with Gasteiger partial charge in [0, 0.05) is 17.0 Å². The Labute approximate surface area is 131 Å². The van der Waals surface area contributed by atoms with Crippen LogP contribution in [0.4, 0.5) is 0 Å². The van der Waals surface area contributed by atoms with Gasteiger partial charge in [-0.3, -0.25) is 4.79 Å². The fraction of sp³-hybridized carbons (Fsp3) is 0.588. The number of amides is 1. The van der Waals surface area contributed by atoms with E-state index < -0.39 is 0 Å². The maximum atomic E-state index is 12.2. The van der Waals surface area contributed by atoms with Gasteiger partial charge in [0.05, 0.1) is 6.04 Å². The van der Waals surface area contributed by atoms with Gasteiger partial charge in [0.1, 0.15) is 0 Å². The van der Waals surface area contributed by atoms with Crippen LogP contribution in [0.3, 0.4) is 0 Å². The van der Waals surface area contributed by atoms with Crippen molar-refractivity contribution >= 4 is 17.5 Å². The number of hydrogen-bond donors (Lipinski definition) is 2. The van der Waals surface area contributed by atoms with Crippen LogP contribution in [0.2, 0.25) is 5.02 Å². The summed E-state index contributed by atoms with van der Waals surface area (Å²) in [7, 11) is 0. The fourth-order valence-corrected chi connectivity index (χ4v) is 3.84. The van der Waals surface area contributed by atoms with Crippen LogP contribution in [-0.4, -0.2) is 25.0 Å². The summed E-state index contributed by atoms with van der Waals surface area (Å²) in [6.45, 7) is 1.70. The zero-order chi connectivity index (χ0) is 14.7. The smallest absolute Gasteiger partial charge is 0.237 e. The minimum Gasteiger partial charge on any atom is -0.354 e. The number of carbonyl (C=O) groups is 1. The third-order valence-corrected chi connectivity index (χ3v) is 5.25. The predicted molar refractivity (Wildman–Crippen MR) is 85.6 cm³/mol. The van der Waals surface area contributed by atoms with E-state index >= 15 is 0 Å². The van der Waals surface area contributed by atoms with E-state index in [0.717, 1.165) is 43.8 Å². The highest BCUT2D eigenvalue weighted by atomic mass is 35.5. The maximum absolute atomic E-state index is 12.2. The first-order chi connectivity index (χ1) is 10.2. The summed E-state index contributed by atoms with van der Waals surface area (Å²) in [4.78, 5) is 12.2. The summed E-state index contributed by atoms with van der Waals surface area (Å²) >= 11 is 6.00. The molecule has 3 nitrogen and oxygen atoms in total. The molecule has 1 saturated carbocycles. The van der Waals surface area contributed by atoms with Crippen LogP contribution in [0.1, 0.15) is 44.1 Å². The minimum atomic E-state index is 0.00803. The van der Waals surface area contributed by atoms with Crippen molar-refractivity contribution in [1.82, 2.24) is 10.6 Å². The molecular weight excluding hydrogens is 284 g/mol. The number of hydrogen-bond acceptors (Lipinski definition) is 2. The van der Waals surface area contributed by atoms with Gasteiger partial charge in [0.25, 0.3) is 0 Å². The monoisotopic (exact) mass is 306 g/mol. The Kier molecular flexibility index (Phi) is 4.51. The molecule has 1 atom stereocenters. The topological polar surface area (TPSA) is 41.1 Å². The first kappa shape index (κ1) is 14.9. The zero-order valence-electron chi connectivity index (χ0n) is 12.3. The van der Waals surface area contributed by atoms with Crippen molar-refractivity contribution in [3.05, 3.63) is 34.9 Å². The molecule has 1 aromatic rings. The van der Waals surface area contributed by atoms with Gasteiger partial charge in [-0.1, -0.05) is 36.6 Å². The van der Waals surface area contributed by atoms with Crippen molar-refractivity contribution in [2.45, 2.75) is 50.0 Å². The Hall–Kier alpha value is -1.06. The standard InChI is InChI=1S/C17H23ClN2O/c18-14-7-5-13(6-8-14)17(9-1-2-10-17)12-20-16(21)15-4-3-11-19-15/h5-8,15,19H,1-4,9-12H2,(H,20,21). The average Bonchev–Trinajstić information content (AvgIpc) is 3.18. The normalized spacial score (nSPS) is 24.1. The summed E-state index contributed by atoms with van der Waals surface area (Å²) in [6, 6.07) is 8.16. The molecule has 4 heteroatoms. The lowest BCUT2D eigenvalue weighted by atomic mass is 9.79. The quantitative estimate of drug-likeness (QED) is 0.898. The number of nitrogens with one attached hydrogen (secondary N) is 2. The molecule has 2 N–H and O–H groups in total. The number of benzene rings is 1. The van der Waals surface area contributed by atoms with Gasteiger partial charge in [0.15, 0.2) is 0 Å². The van der Waals surface area contributed by atoms with E-state index in [4.69, 9.17) is 11.6 Å². The first-order valence-electron chi connectivity index (χ1n) is 7.97. The lowest BCUT2D eigenvalue weighted by Crippen LogP contribution is -2.46. The van der Waals surface area contributed by atoms with Crippen LogP contribution in [0.15, 0.2) is 24.3 Å². The van der Waals surface area contributed by atoms with Crippen LogP contribution in [0.25, 0.3) is 0 Å². The summed E-state index contributed by atoms with van der Waals surface area (Å²) in [5.74, 6) is 0.160. The van der Waals surface area contributed by atoms with Gasteiger partial charge in [-0.15, -0.1) is 0 Å². The molecule has 1 saturated heterocycles. The van der Waals surface area contributed by atoms with Crippen molar-refractivity contribution in [2.24, 2.45) is 0 Å². The summed E-state index contributed by atoms with van der Waals surface area (Å²) in [6.07, 6.45) is 6.82. The van der Waals surface area contributed by atoms with Gasteiger partial charge in [-0.25, -0.2) is 0 Å². The van der Waals surface area contributed by atoms with E-state index in [1.54, 1.807) is 0 Å². The molecule has 0 aromatic heterocycles. The Morgan fingerprint density at radius 2 is 1.95 bits per heavy atom. The average molecular weight is 307 g/mol. The Balaban J connectivity index is 1.69. The van der Waals surface area contributed by atoms with E-state index in [2.05, 4.69) is 22.8 Å². The largest absolute Gasteiger partial charge is 0.354 e. The molecule has 1 aliphatic heterocycles. The highest BCUT2D eigenvalue weighted by Crippen LogP contribution is 2.40. The molecule has 21 heavy (non-hydrogen) atoms. The van der Waals surface area contributed by atoms with Gasteiger partial charge in [-0.05, 0) is 49.9 Å². The minimum absolute atomic E-state index is 0.00803. The molecule has 3 rings (SSSR count). The van der Waals surface area contributed by atoms with Gasteiger partial charge in [-0.2, -0.15) is 0 Å². The third kappa shape index (κ3) is 3.24. The van der Waals surface area contributed by atoms with Crippen LogP contribution < -0.4 is 10.6 Å². The highest BCUT2D eigenvalue weighted by molar-refractivity contribution is 6.30. The first-order valence-corrected chi connectivity index (χ1v) is 8.35. The highest BCUT2D eigenvalue weighted by Gasteiger charge is 2.36. The SMILES string of the molecule is O=C(NCC1(c2ccc(Cl)cc2)CCCC1)C1CCCN1. The van der Waals surface area contributed by atoms with E-state index in [1.807, 2.05) is 12.1 Å². The molecule has 2 aliphatic rings. The zero-order valence-corrected chi connectivity index (χ0v) is 13.1. The van der Waals surface area contributed by atoms with Gasteiger partial charge in [0.2, 0.25) is 5.91 Å². The Bertz CT molecular complexity index is 488. The Morgan fingerprint density at radius 3 is 2.57 bits per heavy atom. The number of rotatable bonds is 4. The molecular formula is C17H23ClN2O. The molecule has 1 unspecified atom stereocenters. The molecule has 1 heterocycles. The molecule has 0 radical (unpaired) electrons. The molecule has 114 valence electrons. The molecule has 0 spiro atoms. The second kappa shape index (κ2) is 6.37. The summed E-state index contributed by atoms with van der Waals surface area (Å²) in [5, 5.41) is 7.22. The van der Waals surface area contributed by atoms with Crippen LogP contribution in [0.5, 0.6) is 0 Å². The van der Waals surface area contributed by atoms with Crippen molar-refractivity contribution in [3.63, 3.8) is 0 Å². The van der Waals surface area contributed by atoms with E-state index in [1.165, 1.54) is 18.4 Å². The van der Waals surface area contributed by atoms with Crippen molar-refractivity contribution < 1.29 is 4.79 Å². The van der Waals surface area contributed by atoms with Crippen molar-refractivity contribution in [1.29, 1.82) is 0 Å². The lowest BCUT2D eigenvalue weighted by Gasteiger charge is -2.30. The molecule has 1 amide bonds. The van der Waals surface area contributed by atoms with Gasteiger partial charge >= 0.3 is 0 Å². The molecule has 1 aliphatic carbocycles. The maximum Gasteiger partial charge on any atom is 0.237 e. The van der Waals surface area contributed by atoms with Crippen molar-refractivity contribution in [2.75, 3.05) is 13.1 Å². The van der Waals surface area contributed by atoms with Crippen LogP contribution in [-0.2, 0) is 10.2 Å². The van der Waals surface area contributed by atoms with Crippen molar-refractivity contribution in [3.8, 4) is 0 Å². The van der Waals surface area contributed by atoms with Crippen LogP contribution in [0, 0.1) is 0 Å². The second-order valence-electron chi connectivity index (χ2n) is 6.36. The predicted octanol–water partition coefficient (Wildman–Crippen LogP) is 3.02. The van der Waals surface area contributed by atoms with E-state index in [0.29, 0.717) is 0 Å². The Morgan fingerprint density at radius 1 is 1.24 bits per heavy atom. The fourth-order valence-electron chi connectivity index (χ4n) is 3.71. The van der Waals surface area contributed by atoms with E-state index in [9.17, 15) is 4.79 Å². The number of carbonyl (C=O) groups excluding carboxylic acids is 1. The molecule has 0 bridgehead atoms.